The molecule has 1 aromatic carbocycles. The van der Waals surface area contributed by atoms with Gasteiger partial charge in [-0.05, 0) is 19.1 Å². The Bertz CT molecular complexity index is 458. The second-order valence-electron chi connectivity index (χ2n) is 3.89. The number of hydrogen-bond donors (Lipinski definition) is 0. The maximum atomic E-state index is 12.3. The molecule has 102 valence electrons. The summed E-state index contributed by atoms with van der Waals surface area (Å²) in [7, 11) is 3.08. The lowest BCUT2D eigenvalue weighted by atomic mass is 10.1. The summed E-state index contributed by atoms with van der Waals surface area (Å²) in [5.41, 5.74) is 0.496. The van der Waals surface area contributed by atoms with Crippen LogP contribution in [0.25, 0.3) is 0 Å². The van der Waals surface area contributed by atoms with E-state index in [2.05, 4.69) is 0 Å². The molecule has 0 atom stereocenters. The van der Waals surface area contributed by atoms with Crippen molar-refractivity contribution in [3.05, 3.63) is 23.8 Å². The van der Waals surface area contributed by atoms with Crippen molar-refractivity contribution in [2.45, 2.75) is 13.3 Å². The summed E-state index contributed by atoms with van der Waals surface area (Å²) in [6.45, 7) is 2.86. The van der Waals surface area contributed by atoms with E-state index >= 15 is 0 Å². The Labute approximate surface area is 113 Å². The smallest absolute Gasteiger partial charge is 0.254 e. The fourth-order valence-corrected chi connectivity index (χ4v) is 1.70. The third-order valence-corrected chi connectivity index (χ3v) is 2.76. The van der Waals surface area contributed by atoms with Gasteiger partial charge in [0.2, 0.25) is 0 Å². The van der Waals surface area contributed by atoms with Crippen molar-refractivity contribution in [1.82, 2.24) is 4.90 Å². The third kappa shape index (κ3) is 3.88. The van der Waals surface area contributed by atoms with Crippen molar-refractivity contribution in [1.29, 1.82) is 5.26 Å². The van der Waals surface area contributed by atoms with Crippen LogP contribution in [0.2, 0.25) is 0 Å². The Hall–Kier alpha value is -2.22. The Balaban J connectivity index is 3.00. The summed E-state index contributed by atoms with van der Waals surface area (Å²) in [5, 5.41) is 8.60. The first-order valence-corrected chi connectivity index (χ1v) is 6.05. The molecule has 1 aromatic rings. The van der Waals surface area contributed by atoms with E-state index in [0.29, 0.717) is 36.6 Å². The molecule has 0 radical (unpaired) electrons. The Morgan fingerprint density at radius 1 is 1.26 bits per heavy atom. The van der Waals surface area contributed by atoms with Crippen LogP contribution in [0.4, 0.5) is 0 Å². The predicted molar refractivity (Wildman–Crippen MR) is 71.4 cm³/mol. The molecule has 0 N–H and O–H groups in total. The van der Waals surface area contributed by atoms with E-state index in [1.165, 1.54) is 14.2 Å². The van der Waals surface area contributed by atoms with Crippen LogP contribution in [0.3, 0.4) is 0 Å². The van der Waals surface area contributed by atoms with Gasteiger partial charge in [0.1, 0.15) is 11.5 Å². The first-order valence-electron chi connectivity index (χ1n) is 6.05. The van der Waals surface area contributed by atoms with Crippen molar-refractivity contribution in [2.24, 2.45) is 0 Å². The van der Waals surface area contributed by atoms with Gasteiger partial charge in [0.15, 0.2) is 0 Å². The zero-order valence-electron chi connectivity index (χ0n) is 11.5. The monoisotopic (exact) mass is 262 g/mol. The minimum atomic E-state index is -0.130. The average Bonchev–Trinajstić information content (AvgIpc) is 2.47. The average molecular weight is 262 g/mol. The van der Waals surface area contributed by atoms with E-state index in [9.17, 15) is 4.79 Å². The number of carbonyl (C=O) groups is 1. The molecule has 19 heavy (non-hydrogen) atoms. The van der Waals surface area contributed by atoms with E-state index in [1.807, 2.05) is 13.0 Å². The molecule has 1 rings (SSSR count). The molecule has 0 heterocycles. The first-order chi connectivity index (χ1) is 9.15. The molecule has 0 spiro atoms. The Morgan fingerprint density at radius 3 is 2.26 bits per heavy atom. The number of nitrogens with zero attached hydrogens (tertiary/aromatic N) is 2. The molecule has 0 aliphatic carbocycles. The van der Waals surface area contributed by atoms with E-state index in [-0.39, 0.29) is 5.91 Å². The minimum absolute atomic E-state index is 0.130. The summed E-state index contributed by atoms with van der Waals surface area (Å²) in [5.74, 6) is 1.01. The summed E-state index contributed by atoms with van der Waals surface area (Å²) < 4.78 is 10.3. The van der Waals surface area contributed by atoms with Crippen LogP contribution < -0.4 is 9.47 Å². The van der Waals surface area contributed by atoms with Crippen molar-refractivity contribution in [3.63, 3.8) is 0 Å². The maximum absolute atomic E-state index is 12.3. The van der Waals surface area contributed by atoms with Crippen molar-refractivity contribution < 1.29 is 14.3 Å². The summed E-state index contributed by atoms with van der Waals surface area (Å²) in [6, 6.07) is 7.08. The molecule has 0 unspecified atom stereocenters. The maximum Gasteiger partial charge on any atom is 0.254 e. The number of carbonyl (C=O) groups excluding carboxylic acids is 1. The molecule has 0 aliphatic rings. The standard InChI is InChI=1S/C14H18N2O3/c1-4-16(7-5-6-15)14(17)11-8-12(18-2)10-13(9-11)19-3/h8-10H,4-5,7H2,1-3H3. The van der Waals surface area contributed by atoms with Crippen molar-refractivity contribution in [2.75, 3.05) is 27.3 Å². The minimum Gasteiger partial charge on any atom is -0.497 e. The highest BCUT2D eigenvalue weighted by Crippen LogP contribution is 2.23. The Morgan fingerprint density at radius 2 is 1.84 bits per heavy atom. The fraction of sp³-hybridized carbons (Fsp3) is 0.429. The molecular formula is C14H18N2O3. The van der Waals surface area contributed by atoms with Gasteiger partial charge in [-0.15, -0.1) is 0 Å². The van der Waals surface area contributed by atoms with Crippen LogP contribution in [0.15, 0.2) is 18.2 Å². The largest absolute Gasteiger partial charge is 0.497 e. The zero-order chi connectivity index (χ0) is 14.3. The van der Waals surface area contributed by atoms with Gasteiger partial charge in [-0.25, -0.2) is 0 Å². The van der Waals surface area contributed by atoms with Gasteiger partial charge < -0.3 is 14.4 Å². The van der Waals surface area contributed by atoms with Crippen LogP contribution in [0, 0.1) is 11.3 Å². The van der Waals surface area contributed by atoms with Gasteiger partial charge >= 0.3 is 0 Å². The van der Waals surface area contributed by atoms with Crippen LogP contribution in [-0.2, 0) is 0 Å². The lowest BCUT2D eigenvalue weighted by Crippen LogP contribution is -2.31. The molecule has 0 aliphatic heterocycles. The van der Waals surface area contributed by atoms with Gasteiger partial charge in [0.05, 0.1) is 26.7 Å². The molecule has 0 aromatic heterocycles. The molecule has 0 saturated carbocycles. The number of amides is 1. The van der Waals surface area contributed by atoms with E-state index < -0.39 is 0 Å². The highest BCUT2D eigenvalue weighted by molar-refractivity contribution is 5.95. The second kappa shape index (κ2) is 7.27. The number of hydrogen-bond acceptors (Lipinski definition) is 4. The molecule has 0 saturated heterocycles. The van der Waals surface area contributed by atoms with Crippen molar-refractivity contribution >= 4 is 5.91 Å². The highest BCUT2D eigenvalue weighted by atomic mass is 16.5. The summed E-state index contributed by atoms with van der Waals surface area (Å²) in [4.78, 5) is 13.9. The molecular weight excluding hydrogens is 244 g/mol. The number of rotatable bonds is 6. The number of nitriles is 1. The van der Waals surface area contributed by atoms with Gasteiger partial charge in [0, 0.05) is 24.7 Å². The molecule has 1 amide bonds. The van der Waals surface area contributed by atoms with Gasteiger partial charge in [-0.3, -0.25) is 4.79 Å². The van der Waals surface area contributed by atoms with Crippen molar-refractivity contribution in [3.8, 4) is 17.6 Å². The van der Waals surface area contributed by atoms with E-state index in [1.54, 1.807) is 23.1 Å². The quantitative estimate of drug-likeness (QED) is 0.787. The first kappa shape index (κ1) is 14.8. The molecule has 5 nitrogen and oxygen atoms in total. The lowest BCUT2D eigenvalue weighted by Gasteiger charge is -2.20. The van der Waals surface area contributed by atoms with Crippen LogP contribution in [0.5, 0.6) is 11.5 Å². The topological polar surface area (TPSA) is 62.6 Å². The molecule has 0 bridgehead atoms. The summed E-state index contributed by atoms with van der Waals surface area (Å²) >= 11 is 0. The van der Waals surface area contributed by atoms with Crippen LogP contribution in [-0.4, -0.2) is 38.1 Å². The lowest BCUT2D eigenvalue weighted by molar-refractivity contribution is 0.0767. The number of benzene rings is 1. The Kier molecular flexibility index (Phi) is 5.68. The highest BCUT2D eigenvalue weighted by Gasteiger charge is 2.15. The third-order valence-electron chi connectivity index (χ3n) is 2.76. The summed E-state index contributed by atoms with van der Waals surface area (Å²) in [6.07, 6.45) is 0.320. The van der Waals surface area contributed by atoms with Gasteiger partial charge in [-0.1, -0.05) is 0 Å². The SMILES string of the molecule is CCN(CCC#N)C(=O)c1cc(OC)cc(OC)c1. The molecule has 0 fully saturated rings. The number of methoxy groups -OCH3 is 2. The van der Waals surface area contributed by atoms with Gasteiger partial charge in [-0.2, -0.15) is 5.26 Å². The molecule has 5 heteroatoms. The van der Waals surface area contributed by atoms with E-state index in [4.69, 9.17) is 14.7 Å². The van der Waals surface area contributed by atoms with Crippen LogP contribution >= 0.6 is 0 Å². The zero-order valence-corrected chi connectivity index (χ0v) is 11.5. The normalized spacial score (nSPS) is 9.58. The van der Waals surface area contributed by atoms with E-state index in [0.717, 1.165) is 0 Å². The second-order valence-corrected chi connectivity index (χ2v) is 3.89. The fourth-order valence-electron chi connectivity index (χ4n) is 1.70. The number of ether oxygens (including phenoxy) is 2. The van der Waals surface area contributed by atoms with Gasteiger partial charge in [0.25, 0.3) is 5.91 Å². The van der Waals surface area contributed by atoms with Crippen LogP contribution in [0.1, 0.15) is 23.7 Å². The predicted octanol–water partition coefficient (Wildman–Crippen LogP) is 2.08.